The molecular weight excluding hydrogens is 202 g/mol. The molecule has 0 aliphatic rings. The zero-order valence-electron chi connectivity index (χ0n) is 7.56. The molecule has 0 unspecified atom stereocenters. The first kappa shape index (κ1) is 10.7. The van der Waals surface area contributed by atoms with Gasteiger partial charge in [-0.05, 0) is 19.1 Å². The van der Waals surface area contributed by atoms with Crippen molar-refractivity contribution in [1.82, 2.24) is 4.98 Å². The lowest BCUT2D eigenvalue weighted by molar-refractivity contribution is -0.114. The van der Waals surface area contributed by atoms with E-state index in [1.807, 2.05) is 0 Å². The topological polar surface area (TPSA) is 67.3 Å². The molecule has 1 heterocycles. The summed E-state index contributed by atoms with van der Waals surface area (Å²) in [5, 5.41) is 8.77. The predicted molar refractivity (Wildman–Crippen MR) is 52.6 cm³/mol. The molecule has 0 spiro atoms. The van der Waals surface area contributed by atoms with Gasteiger partial charge in [-0.2, -0.15) is 0 Å². The van der Waals surface area contributed by atoms with E-state index in [-0.39, 0.29) is 17.2 Å². The van der Waals surface area contributed by atoms with Gasteiger partial charge in [0.05, 0.1) is 5.75 Å². The maximum atomic E-state index is 10.7. The number of aromatic nitrogens is 1. The number of carbonyl (C=O) groups excluding carboxylic acids is 1. The third-order valence-electron chi connectivity index (χ3n) is 1.40. The van der Waals surface area contributed by atoms with Crippen LogP contribution in [0.25, 0.3) is 0 Å². The number of thioether (sulfide) groups is 1. The van der Waals surface area contributed by atoms with E-state index in [4.69, 9.17) is 5.11 Å². The molecule has 14 heavy (non-hydrogen) atoms. The van der Waals surface area contributed by atoms with Gasteiger partial charge in [-0.3, -0.25) is 4.79 Å². The van der Waals surface area contributed by atoms with E-state index in [0.29, 0.717) is 4.90 Å². The van der Waals surface area contributed by atoms with Crippen molar-refractivity contribution < 1.29 is 14.7 Å². The molecule has 0 saturated heterocycles. The fourth-order valence-corrected chi connectivity index (χ4v) is 1.66. The van der Waals surface area contributed by atoms with Crippen molar-refractivity contribution in [2.24, 2.45) is 0 Å². The Morgan fingerprint density at radius 2 is 2.29 bits per heavy atom. The van der Waals surface area contributed by atoms with E-state index in [2.05, 4.69) is 4.98 Å². The van der Waals surface area contributed by atoms with E-state index >= 15 is 0 Å². The first-order chi connectivity index (χ1) is 6.61. The highest BCUT2D eigenvalue weighted by Gasteiger charge is 2.11. The first-order valence-electron chi connectivity index (χ1n) is 3.92. The number of rotatable bonds is 4. The number of Topliss-reactive ketones (excluding diaryl/α,β-unsaturated/α-hetero) is 1. The normalized spacial score (nSPS) is 9.79. The fraction of sp³-hybridized carbons (Fsp3) is 0.222. The third-order valence-corrected chi connectivity index (χ3v) is 2.60. The van der Waals surface area contributed by atoms with Gasteiger partial charge in [-0.25, -0.2) is 9.78 Å². The largest absolute Gasteiger partial charge is 0.476 e. The monoisotopic (exact) mass is 211 g/mol. The van der Waals surface area contributed by atoms with Crippen LogP contribution in [0.4, 0.5) is 0 Å². The van der Waals surface area contributed by atoms with Gasteiger partial charge in [0.1, 0.15) is 5.78 Å². The van der Waals surface area contributed by atoms with Crippen molar-refractivity contribution in [3.8, 4) is 0 Å². The molecule has 1 aromatic heterocycles. The van der Waals surface area contributed by atoms with Crippen LogP contribution in [-0.2, 0) is 4.79 Å². The summed E-state index contributed by atoms with van der Waals surface area (Å²) in [6, 6.07) is 3.29. The molecule has 1 N–H and O–H groups in total. The van der Waals surface area contributed by atoms with Crippen LogP contribution < -0.4 is 0 Å². The number of aromatic carboxylic acids is 1. The molecule has 0 radical (unpaired) electrons. The highest BCUT2D eigenvalue weighted by Crippen LogP contribution is 2.20. The van der Waals surface area contributed by atoms with E-state index in [9.17, 15) is 9.59 Å². The van der Waals surface area contributed by atoms with Crippen molar-refractivity contribution in [2.45, 2.75) is 11.8 Å². The predicted octanol–water partition coefficient (Wildman–Crippen LogP) is 1.46. The van der Waals surface area contributed by atoms with Gasteiger partial charge >= 0.3 is 5.97 Å². The summed E-state index contributed by atoms with van der Waals surface area (Å²) in [5.41, 5.74) is -0.00116. The lowest BCUT2D eigenvalue weighted by Crippen LogP contribution is -2.03. The molecule has 0 aromatic carbocycles. The summed E-state index contributed by atoms with van der Waals surface area (Å²) in [4.78, 5) is 25.7. The van der Waals surface area contributed by atoms with Gasteiger partial charge in [0.2, 0.25) is 0 Å². The Kier molecular flexibility index (Phi) is 3.64. The molecule has 0 saturated carbocycles. The van der Waals surface area contributed by atoms with Crippen molar-refractivity contribution in [1.29, 1.82) is 0 Å². The second-order valence-electron chi connectivity index (χ2n) is 2.65. The van der Waals surface area contributed by atoms with E-state index in [0.717, 1.165) is 0 Å². The Bertz CT molecular complexity index is 365. The average molecular weight is 211 g/mol. The molecule has 4 nitrogen and oxygen atoms in total. The minimum atomic E-state index is -1.07. The summed E-state index contributed by atoms with van der Waals surface area (Å²) in [7, 11) is 0. The van der Waals surface area contributed by atoms with Gasteiger partial charge in [0.15, 0.2) is 5.69 Å². The molecule has 0 amide bonds. The molecule has 1 rings (SSSR count). The van der Waals surface area contributed by atoms with Crippen molar-refractivity contribution in [2.75, 3.05) is 5.75 Å². The van der Waals surface area contributed by atoms with Gasteiger partial charge in [-0.15, -0.1) is 11.8 Å². The van der Waals surface area contributed by atoms with Crippen LogP contribution in [0.2, 0.25) is 0 Å². The van der Waals surface area contributed by atoms with Gasteiger partial charge in [0, 0.05) is 11.1 Å². The summed E-state index contributed by atoms with van der Waals surface area (Å²) in [6.07, 6.45) is 1.42. The maximum absolute atomic E-state index is 10.7. The first-order valence-corrected chi connectivity index (χ1v) is 4.90. The van der Waals surface area contributed by atoms with Crippen LogP contribution in [0.5, 0.6) is 0 Å². The number of carboxylic acid groups (broad SMARTS) is 1. The average Bonchev–Trinajstić information content (AvgIpc) is 2.15. The molecule has 74 valence electrons. The lowest BCUT2D eigenvalue weighted by Gasteiger charge is -2.01. The van der Waals surface area contributed by atoms with Crippen LogP contribution in [0.1, 0.15) is 17.4 Å². The minimum absolute atomic E-state index is 0.00116. The Hall–Kier alpha value is -1.36. The van der Waals surface area contributed by atoms with E-state index < -0.39 is 5.97 Å². The molecule has 1 aromatic rings. The minimum Gasteiger partial charge on any atom is -0.476 e. The second-order valence-corrected chi connectivity index (χ2v) is 3.66. The van der Waals surface area contributed by atoms with Crippen molar-refractivity contribution >= 4 is 23.5 Å². The van der Waals surface area contributed by atoms with Crippen LogP contribution in [0, 0.1) is 0 Å². The number of pyridine rings is 1. The Morgan fingerprint density at radius 3 is 2.86 bits per heavy atom. The summed E-state index contributed by atoms with van der Waals surface area (Å²) >= 11 is 1.19. The highest BCUT2D eigenvalue weighted by atomic mass is 32.2. The van der Waals surface area contributed by atoms with E-state index in [1.54, 1.807) is 12.1 Å². The van der Waals surface area contributed by atoms with Crippen LogP contribution in [0.3, 0.4) is 0 Å². The third kappa shape index (κ3) is 2.85. The SMILES string of the molecule is CC(=O)CSc1cccnc1C(=O)O. The molecule has 0 atom stereocenters. The van der Waals surface area contributed by atoms with Crippen LogP contribution in [-0.4, -0.2) is 27.6 Å². The van der Waals surface area contributed by atoms with Crippen molar-refractivity contribution in [3.05, 3.63) is 24.0 Å². The second kappa shape index (κ2) is 4.76. The Labute approximate surface area is 85.4 Å². The zero-order chi connectivity index (χ0) is 10.6. The molecule has 0 aliphatic heterocycles. The zero-order valence-corrected chi connectivity index (χ0v) is 8.37. The Balaban J connectivity index is 2.84. The molecule has 5 heteroatoms. The number of carboxylic acids is 1. The number of carbonyl (C=O) groups is 2. The smallest absolute Gasteiger partial charge is 0.355 e. The molecule has 0 fully saturated rings. The maximum Gasteiger partial charge on any atom is 0.355 e. The van der Waals surface area contributed by atoms with Crippen LogP contribution >= 0.6 is 11.8 Å². The molecule has 0 bridgehead atoms. The van der Waals surface area contributed by atoms with E-state index in [1.165, 1.54) is 24.9 Å². The Morgan fingerprint density at radius 1 is 1.57 bits per heavy atom. The number of hydrogen-bond acceptors (Lipinski definition) is 4. The fourth-order valence-electron chi connectivity index (χ4n) is 0.847. The van der Waals surface area contributed by atoms with Crippen LogP contribution in [0.15, 0.2) is 23.2 Å². The van der Waals surface area contributed by atoms with Gasteiger partial charge in [0.25, 0.3) is 0 Å². The highest BCUT2D eigenvalue weighted by molar-refractivity contribution is 8.00. The summed E-state index contributed by atoms with van der Waals surface area (Å²) in [6.45, 7) is 1.46. The summed E-state index contributed by atoms with van der Waals surface area (Å²) in [5.74, 6) is -0.793. The molecule has 0 aliphatic carbocycles. The standard InChI is InChI=1S/C9H9NO3S/c1-6(11)5-14-7-3-2-4-10-8(7)9(12)13/h2-4H,5H2,1H3,(H,12,13). The lowest BCUT2D eigenvalue weighted by atomic mass is 10.3. The summed E-state index contributed by atoms with van der Waals surface area (Å²) < 4.78 is 0. The quantitative estimate of drug-likeness (QED) is 0.764. The van der Waals surface area contributed by atoms with Gasteiger partial charge in [-0.1, -0.05) is 0 Å². The molecular formula is C9H9NO3S. The number of hydrogen-bond donors (Lipinski definition) is 1. The van der Waals surface area contributed by atoms with Crippen molar-refractivity contribution in [3.63, 3.8) is 0 Å². The number of ketones is 1. The number of nitrogens with zero attached hydrogens (tertiary/aromatic N) is 1. The van der Waals surface area contributed by atoms with Gasteiger partial charge < -0.3 is 5.11 Å².